The van der Waals surface area contributed by atoms with Crippen molar-refractivity contribution in [3.8, 4) is 0 Å². The van der Waals surface area contributed by atoms with Gasteiger partial charge in [0, 0.05) is 37.6 Å². The molecule has 1 aliphatic carbocycles. The zero-order chi connectivity index (χ0) is 19.8. The number of nitrogens with one attached hydrogen (secondary N) is 1. The molecule has 0 saturated heterocycles. The lowest BCUT2D eigenvalue weighted by Crippen LogP contribution is -2.15. The molecule has 0 spiro atoms. The van der Waals surface area contributed by atoms with E-state index in [1.165, 1.54) is 0 Å². The first-order valence-electron chi connectivity index (χ1n) is 9.87. The van der Waals surface area contributed by atoms with Crippen LogP contribution in [0.15, 0.2) is 36.5 Å². The minimum Gasteiger partial charge on any atom is -0.363 e. The van der Waals surface area contributed by atoms with Crippen LogP contribution in [0, 0.1) is 5.92 Å². The number of benzene rings is 1. The Bertz CT molecular complexity index is 1020. The molecule has 1 aliphatic rings. The number of hydrogen-bond donors (Lipinski definition) is 1. The Kier molecular flexibility index (Phi) is 4.79. The van der Waals surface area contributed by atoms with Gasteiger partial charge in [0.25, 0.3) is 5.91 Å². The van der Waals surface area contributed by atoms with Crippen molar-refractivity contribution in [3.05, 3.63) is 47.8 Å². The predicted molar refractivity (Wildman–Crippen MR) is 113 cm³/mol. The fraction of sp³-hybridized carbons (Fsp3) is 0.409. The average molecular weight is 377 g/mol. The maximum absolute atomic E-state index is 13.0. The zero-order valence-electron chi connectivity index (χ0n) is 16.9. The predicted octanol–water partition coefficient (Wildman–Crippen LogP) is 4.28. The van der Waals surface area contributed by atoms with Crippen LogP contribution in [0.25, 0.3) is 10.9 Å². The summed E-state index contributed by atoms with van der Waals surface area (Å²) in [6.45, 7) is 5.18. The first-order valence-corrected chi connectivity index (χ1v) is 9.87. The van der Waals surface area contributed by atoms with E-state index in [0.29, 0.717) is 17.4 Å². The molecule has 6 heteroatoms. The molecule has 146 valence electrons. The standard InChI is InChI=1S/C22H27N5O/c1-14(2)13-27-21(15-5-6-15)18(12-23-27)22(28)24-17-8-9-19-16(11-17)7-10-20(25-19)26(3)4/h7-12,14-15H,5-6,13H2,1-4H3,(H,24,28). The third-order valence-electron chi connectivity index (χ3n) is 5.02. The smallest absolute Gasteiger partial charge is 0.259 e. The average Bonchev–Trinajstić information content (AvgIpc) is 3.41. The van der Waals surface area contributed by atoms with Gasteiger partial charge in [-0.25, -0.2) is 4.98 Å². The molecule has 1 aromatic carbocycles. The van der Waals surface area contributed by atoms with E-state index in [1.807, 2.05) is 54.0 Å². The van der Waals surface area contributed by atoms with Crippen LogP contribution >= 0.6 is 0 Å². The molecule has 1 N–H and O–H groups in total. The van der Waals surface area contributed by atoms with Gasteiger partial charge < -0.3 is 10.2 Å². The van der Waals surface area contributed by atoms with Gasteiger partial charge in [0.15, 0.2) is 0 Å². The molecule has 0 bridgehead atoms. The first kappa shape index (κ1) is 18.5. The lowest BCUT2D eigenvalue weighted by molar-refractivity contribution is 0.102. The maximum Gasteiger partial charge on any atom is 0.259 e. The Morgan fingerprint density at radius 2 is 2.04 bits per heavy atom. The first-order chi connectivity index (χ1) is 13.4. The summed E-state index contributed by atoms with van der Waals surface area (Å²) in [5.41, 5.74) is 3.47. The molecule has 2 aromatic heterocycles. The highest BCUT2D eigenvalue weighted by molar-refractivity contribution is 6.06. The van der Waals surface area contributed by atoms with Gasteiger partial charge in [-0.05, 0) is 49.1 Å². The SMILES string of the molecule is CC(C)Cn1ncc(C(=O)Nc2ccc3nc(N(C)C)ccc3c2)c1C1CC1. The van der Waals surface area contributed by atoms with E-state index < -0.39 is 0 Å². The number of amides is 1. The van der Waals surface area contributed by atoms with Gasteiger partial charge in [0.05, 0.1) is 23.0 Å². The normalized spacial score (nSPS) is 13.9. The Hall–Kier alpha value is -2.89. The van der Waals surface area contributed by atoms with E-state index >= 15 is 0 Å². The Balaban J connectivity index is 1.58. The van der Waals surface area contributed by atoms with Gasteiger partial charge in [-0.1, -0.05) is 13.8 Å². The fourth-order valence-corrected chi connectivity index (χ4v) is 3.49. The molecule has 1 saturated carbocycles. The highest BCUT2D eigenvalue weighted by Crippen LogP contribution is 2.42. The van der Waals surface area contributed by atoms with Gasteiger partial charge in [-0.2, -0.15) is 5.10 Å². The maximum atomic E-state index is 13.0. The van der Waals surface area contributed by atoms with E-state index in [2.05, 4.69) is 29.2 Å². The van der Waals surface area contributed by atoms with E-state index in [9.17, 15) is 4.79 Å². The topological polar surface area (TPSA) is 63.1 Å². The highest BCUT2D eigenvalue weighted by atomic mass is 16.1. The van der Waals surface area contributed by atoms with Crippen LogP contribution in [0.2, 0.25) is 0 Å². The summed E-state index contributed by atoms with van der Waals surface area (Å²) in [7, 11) is 3.94. The van der Waals surface area contributed by atoms with Gasteiger partial charge >= 0.3 is 0 Å². The Labute approximate surface area is 165 Å². The molecule has 4 rings (SSSR count). The van der Waals surface area contributed by atoms with Crippen LogP contribution in [0.1, 0.15) is 48.7 Å². The number of aromatic nitrogens is 3. The van der Waals surface area contributed by atoms with Crippen LogP contribution in [0.5, 0.6) is 0 Å². The second-order valence-electron chi connectivity index (χ2n) is 8.22. The van der Waals surface area contributed by atoms with Crippen molar-refractivity contribution in [3.63, 3.8) is 0 Å². The van der Waals surface area contributed by atoms with Crippen LogP contribution in [-0.2, 0) is 6.54 Å². The molecule has 0 radical (unpaired) electrons. The van der Waals surface area contributed by atoms with Crippen molar-refractivity contribution in [2.75, 3.05) is 24.3 Å². The lowest BCUT2D eigenvalue weighted by Gasteiger charge is -2.13. The number of nitrogens with zero attached hydrogens (tertiary/aromatic N) is 4. The van der Waals surface area contributed by atoms with Crippen LogP contribution in [-0.4, -0.2) is 34.8 Å². The zero-order valence-corrected chi connectivity index (χ0v) is 16.9. The molecule has 0 aliphatic heterocycles. The summed E-state index contributed by atoms with van der Waals surface area (Å²) in [4.78, 5) is 19.6. The Morgan fingerprint density at radius 1 is 1.25 bits per heavy atom. The van der Waals surface area contributed by atoms with Gasteiger partial charge in [0.2, 0.25) is 0 Å². The summed E-state index contributed by atoms with van der Waals surface area (Å²) in [5.74, 6) is 1.78. The fourth-order valence-electron chi connectivity index (χ4n) is 3.49. The second kappa shape index (κ2) is 7.26. The monoisotopic (exact) mass is 377 g/mol. The quantitative estimate of drug-likeness (QED) is 0.696. The minimum atomic E-state index is -0.0888. The number of carbonyl (C=O) groups excluding carboxylic acids is 1. The molecular weight excluding hydrogens is 350 g/mol. The molecule has 0 unspecified atom stereocenters. The van der Waals surface area contributed by atoms with Crippen molar-refractivity contribution >= 4 is 28.3 Å². The molecule has 28 heavy (non-hydrogen) atoms. The number of anilines is 2. The lowest BCUT2D eigenvalue weighted by atomic mass is 10.1. The van der Waals surface area contributed by atoms with Crippen LogP contribution in [0.3, 0.4) is 0 Å². The third-order valence-corrected chi connectivity index (χ3v) is 5.02. The number of carbonyl (C=O) groups is 1. The Morgan fingerprint density at radius 3 is 2.71 bits per heavy atom. The third kappa shape index (κ3) is 3.72. The molecule has 1 fully saturated rings. The van der Waals surface area contributed by atoms with Gasteiger partial charge in [0.1, 0.15) is 5.82 Å². The van der Waals surface area contributed by atoms with E-state index in [-0.39, 0.29) is 5.91 Å². The number of fused-ring (bicyclic) bond motifs is 1. The highest BCUT2D eigenvalue weighted by Gasteiger charge is 2.32. The van der Waals surface area contributed by atoms with Gasteiger partial charge in [-0.3, -0.25) is 9.48 Å². The largest absolute Gasteiger partial charge is 0.363 e. The summed E-state index contributed by atoms with van der Waals surface area (Å²) >= 11 is 0. The van der Waals surface area contributed by atoms with Gasteiger partial charge in [-0.15, -0.1) is 0 Å². The van der Waals surface area contributed by atoms with Crippen molar-refractivity contribution in [1.29, 1.82) is 0 Å². The number of hydrogen-bond acceptors (Lipinski definition) is 4. The van der Waals surface area contributed by atoms with Crippen LogP contribution < -0.4 is 10.2 Å². The summed E-state index contributed by atoms with van der Waals surface area (Å²) in [6.07, 6.45) is 4.00. The minimum absolute atomic E-state index is 0.0888. The summed E-state index contributed by atoms with van der Waals surface area (Å²) in [5, 5.41) is 8.55. The molecule has 6 nitrogen and oxygen atoms in total. The van der Waals surface area contributed by atoms with E-state index in [4.69, 9.17) is 0 Å². The van der Waals surface area contributed by atoms with Crippen molar-refractivity contribution in [2.45, 2.75) is 39.2 Å². The summed E-state index contributed by atoms with van der Waals surface area (Å²) < 4.78 is 2.02. The van der Waals surface area contributed by atoms with Crippen molar-refractivity contribution in [2.24, 2.45) is 5.92 Å². The number of rotatable bonds is 6. The van der Waals surface area contributed by atoms with Crippen molar-refractivity contribution in [1.82, 2.24) is 14.8 Å². The van der Waals surface area contributed by atoms with Crippen molar-refractivity contribution < 1.29 is 4.79 Å². The molecular formula is C22H27N5O. The molecule has 1 amide bonds. The van der Waals surface area contributed by atoms with Crippen LogP contribution in [0.4, 0.5) is 11.5 Å². The molecule has 3 aromatic rings. The van der Waals surface area contributed by atoms with E-state index in [0.717, 1.165) is 47.5 Å². The van der Waals surface area contributed by atoms with E-state index in [1.54, 1.807) is 6.20 Å². The second-order valence-corrected chi connectivity index (χ2v) is 8.22. The summed E-state index contributed by atoms with van der Waals surface area (Å²) in [6, 6.07) is 9.83. The molecule has 0 atom stereocenters. The molecule has 2 heterocycles. The number of pyridine rings is 1.